The molecule has 2 atom stereocenters. The molecule has 0 saturated carbocycles. The van der Waals surface area contributed by atoms with E-state index in [0.29, 0.717) is 12.1 Å². The summed E-state index contributed by atoms with van der Waals surface area (Å²) in [7, 11) is 4.04. The molecule has 1 aliphatic heterocycles. The van der Waals surface area contributed by atoms with Crippen molar-refractivity contribution in [2.24, 2.45) is 4.99 Å². The lowest BCUT2D eigenvalue weighted by Crippen LogP contribution is -2.52. The highest BCUT2D eigenvalue weighted by atomic mass is 127. The number of likely N-dealkylation sites (N-methyl/N-ethyl adjacent to an activating group) is 1. The molecule has 1 saturated heterocycles. The molecule has 1 aliphatic rings. The zero-order valence-electron chi connectivity index (χ0n) is 16.7. The molecule has 6 heteroatoms. The molecule has 148 valence electrons. The van der Waals surface area contributed by atoms with Crippen molar-refractivity contribution in [1.82, 2.24) is 20.4 Å². The van der Waals surface area contributed by atoms with Crippen LogP contribution in [0.4, 0.5) is 0 Å². The number of hydrogen-bond acceptors (Lipinski definition) is 3. The van der Waals surface area contributed by atoms with E-state index in [1.54, 1.807) is 0 Å². The van der Waals surface area contributed by atoms with Gasteiger partial charge in [0, 0.05) is 51.9 Å². The van der Waals surface area contributed by atoms with Crippen molar-refractivity contribution in [2.75, 3.05) is 46.8 Å². The van der Waals surface area contributed by atoms with E-state index < -0.39 is 0 Å². The summed E-state index contributed by atoms with van der Waals surface area (Å²) in [6.45, 7) is 10.1. The minimum absolute atomic E-state index is 0. The number of piperazine rings is 1. The topological polar surface area (TPSA) is 42.9 Å². The Morgan fingerprint density at radius 2 is 1.77 bits per heavy atom. The van der Waals surface area contributed by atoms with Crippen molar-refractivity contribution in [3.05, 3.63) is 35.9 Å². The number of aryl methyl sites for hydroxylation is 1. The van der Waals surface area contributed by atoms with Gasteiger partial charge in [-0.1, -0.05) is 30.3 Å². The maximum Gasteiger partial charge on any atom is 0.191 e. The van der Waals surface area contributed by atoms with Gasteiger partial charge in [0.05, 0.1) is 0 Å². The normalized spacial score (nSPS) is 18.7. The number of nitrogens with zero attached hydrogens (tertiary/aromatic N) is 3. The van der Waals surface area contributed by atoms with E-state index in [4.69, 9.17) is 0 Å². The number of guanidine groups is 1. The van der Waals surface area contributed by atoms with Crippen molar-refractivity contribution in [2.45, 2.75) is 38.8 Å². The summed E-state index contributed by atoms with van der Waals surface area (Å²) in [5, 5.41) is 7.00. The summed E-state index contributed by atoms with van der Waals surface area (Å²) in [6, 6.07) is 11.6. The third kappa shape index (κ3) is 8.22. The smallest absolute Gasteiger partial charge is 0.191 e. The Labute approximate surface area is 176 Å². The van der Waals surface area contributed by atoms with Crippen LogP contribution in [-0.4, -0.2) is 74.7 Å². The van der Waals surface area contributed by atoms with Crippen LogP contribution in [0.2, 0.25) is 0 Å². The Bertz CT molecular complexity index is 514. The molecule has 0 radical (unpaired) electrons. The number of nitrogens with one attached hydrogen (secondary N) is 2. The fraction of sp³-hybridized carbons (Fsp3) is 0.650. The molecule has 2 unspecified atom stereocenters. The zero-order chi connectivity index (χ0) is 18.1. The molecule has 5 nitrogen and oxygen atoms in total. The average Bonchev–Trinajstić information content (AvgIpc) is 2.64. The highest BCUT2D eigenvalue weighted by molar-refractivity contribution is 14.0. The van der Waals surface area contributed by atoms with Crippen LogP contribution in [0.25, 0.3) is 0 Å². The molecular formula is C20H36IN5. The maximum absolute atomic E-state index is 4.38. The Morgan fingerprint density at radius 3 is 2.38 bits per heavy atom. The number of benzene rings is 1. The Hall–Kier alpha value is -0.860. The first-order chi connectivity index (χ1) is 12.1. The van der Waals surface area contributed by atoms with Gasteiger partial charge in [0.1, 0.15) is 0 Å². The van der Waals surface area contributed by atoms with E-state index in [0.717, 1.165) is 51.5 Å². The van der Waals surface area contributed by atoms with Gasteiger partial charge in [0.15, 0.2) is 5.96 Å². The SMILES string of the molecule is CN=C(NCC(C)N1CCN(C)CC1)NC(C)CCc1ccccc1.I. The summed E-state index contributed by atoms with van der Waals surface area (Å²) in [6.07, 6.45) is 2.18. The first-order valence-corrected chi connectivity index (χ1v) is 9.52. The van der Waals surface area contributed by atoms with E-state index in [9.17, 15) is 0 Å². The second-order valence-electron chi connectivity index (χ2n) is 7.21. The lowest BCUT2D eigenvalue weighted by molar-refractivity contribution is 0.120. The van der Waals surface area contributed by atoms with Crippen molar-refractivity contribution in [3.8, 4) is 0 Å². The molecule has 0 aromatic heterocycles. The van der Waals surface area contributed by atoms with Gasteiger partial charge in [0.25, 0.3) is 0 Å². The van der Waals surface area contributed by atoms with Crippen LogP contribution in [0.3, 0.4) is 0 Å². The molecule has 1 aromatic rings. The Morgan fingerprint density at radius 1 is 1.12 bits per heavy atom. The molecule has 0 amide bonds. The predicted octanol–water partition coefficient (Wildman–Crippen LogP) is 2.43. The van der Waals surface area contributed by atoms with Crippen LogP contribution in [0.15, 0.2) is 35.3 Å². The van der Waals surface area contributed by atoms with Crippen LogP contribution in [0.5, 0.6) is 0 Å². The lowest BCUT2D eigenvalue weighted by Gasteiger charge is -2.36. The minimum Gasteiger partial charge on any atom is -0.355 e. The molecule has 1 aromatic carbocycles. The third-order valence-electron chi connectivity index (χ3n) is 5.04. The van der Waals surface area contributed by atoms with Crippen molar-refractivity contribution in [1.29, 1.82) is 0 Å². The van der Waals surface area contributed by atoms with Gasteiger partial charge >= 0.3 is 0 Å². The highest BCUT2D eigenvalue weighted by Crippen LogP contribution is 2.05. The van der Waals surface area contributed by atoms with E-state index >= 15 is 0 Å². The molecular weight excluding hydrogens is 437 g/mol. The maximum atomic E-state index is 4.38. The predicted molar refractivity (Wildman–Crippen MR) is 123 cm³/mol. The second-order valence-corrected chi connectivity index (χ2v) is 7.21. The number of aliphatic imine (C=N–C) groups is 1. The van der Waals surface area contributed by atoms with Gasteiger partial charge in [-0.05, 0) is 39.3 Å². The van der Waals surface area contributed by atoms with Crippen molar-refractivity contribution >= 4 is 29.9 Å². The van der Waals surface area contributed by atoms with Gasteiger partial charge in [-0.2, -0.15) is 0 Å². The Kier molecular flexibility index (Phi) is 11.2. The molecule has 2 rings (SSSR count). The summed E-state index contributed by atoms with van der Waals surface area (Å²) < 4.78 is 0. The summed E-state index contributed by atoms with van der Waals surface area (Å²) in [5.41, 5.74) is 1.39. The fourth-order valence-corrected chi connectivity index (χ4v) is 3.16. The molecule has 0 aliphatic carbocycles. The molecule has 1 fully saturated rings. The molecule has 0 bridgehead atoms. The fourth-order valence-electron chi connectivity index (χ4n) is 3.16. The van der Waals surface area contributed by atoms with Crippen LogP contribution in [-0.2, 0) is 6.42 Å². The minimum atomic E-state index is 0. The van der Waals surface area contributed by atoms with Gasteiger partial charge < -0.3 is 15.5 Å². The highest BCUT2D eigenvalue weighted by Gasteiger charge is 2.19. The van der Waals surface area contributed by atoms with Gasteiger partial charge in [-0.15, -0.1) is 24.0 Å². The summed E-state index contributed by atoms with van der Waals surface area (Å²) >= 11 is 0. The molecule has 1 heterocycles. The van der Waals surface area contributed by atoms with Crippen molar-refractivity contribution < 1.29 is 0 Å². The largest absolute Gasteiger partial charge is 0.355 e. The van der Waals surface area contributed by atoms with Crippen LogP contribution in [0, 0.1) is 0 Å². The molecule has 0 spiro atoms. The number of rotatable bonds is 7. The second kappa shape index (κ2) is 12.5. The summed E-state index contributed by atoms with van der Waals surface area (Å²) in [4.78, 5) is 9.33. The van der Waals surface area contributed by atoms with E-state index in [2.05, 4.69) is 76.7 Å². The number of hydrogen-bond donors (Lipinski definition) is 2. The number of halogens is 1. The van der Waals surface area contributed by atoms with Gasteiger partial charge in [0.2, 0.25) is 0 Å². The average molecular weight is 473 g/mol. The van der Waals surface area contributed by atoms with E-state index in [-0.39, 0.29) is 24.0 Å². The van der Waals surface area contributed by atoms with Gasteiger partial charge in [-0.3, -0.25) is 9.89 Å². The van der Waals surface area contributed by atoms with Crippen LogP contribution >= 0.6 is 24.0 Å². The van der Waals surface area contributed by atoms with Gasteiger partial charge in [-0.25, -0.2) is 0 Å². The molecule has 2 N–H and O–H groups in total. The van der Waals surface area contributed by atoms with E-state index in [1.165, 1.54) is 5.56 Å². The first-order valence-electron chi connectivity index (χ1n) is 9.52. The zero-order valence-corrected chi connectivity index (χ0v) is 19.1. The third-order valence-corrected chi connectivity index (χ3v) is 5.04. The first kappa shape index (κ1) is 23.2. The quantitative estimate of drug-likeness (QED) is 0.363. The van der Waals surface area contributed by atoms with Crippen molar-refractivity contribution in [3.63, 3.8) is 0 Å². The Balaban J connectivity index is 0.00000338. The molecule has 26 heavy (non-hydrogen) atoms. The van der Waals surface area contributed by atoms with Crippen LogP contribution < -0.4 is 10.6 Å². The summed E-state index contributed by atoms with van der Waals surface area (Å²) in [5.74, 6) is 0.904. The lowest BCUT2D eigenvalue weighted by atomic mass is 10.1. The van der Waals surface area contributed by atoms with E-state index in [1.807, 2.05) is 7.05 Å². The standard InChI is InChI=1S/C20H35N5.HI/c1-17(10-11-19-8-6-5-7-9-19)23-20(21-3)22-16-18(2)25-14-12-24(4)13-15-25;/h5-9,17-18H,10-16H2,1-4H3,(H2,21,22,23);1H. The monoisotopic (exact) mass is 473 g/mol. The van der Waals surface area contributed by atoms with Crippen LogP contribution in [0.1, 0.15) is 25.8 Å².